The van der Waals surface area contributed by atoms with Crippen molar-refractivity contribution in [2.45, 2.75) is 46.4 Å². The Morgan fingerprint density at radius 2 is 2.16 bits per heavy atom. The van der Waals surface area contributed by atoms with E-state index in [1.165, 1.54) is 11.3 Å². The summed E-state index contributed by atoms with van der Waals surface area (Å²) >= 11 is 0. The van der Waals surface area contributed by atoms with Crippen LogP contribution in [0.15, 0.2) is 24.3 Å². The van der Waals surface area contributed by atoms with Crippen molar-refractivity contribution >= 4 is 5.91 Å². The first-order chi connectivity index (χ1) is 12.1. The number of benzene rings is 1. The summed E-state index contributed by atoms with van der Waals surface area (Å²) < 4.78 is 7.39. The van der Waals surface area contributed by atoms with E-state index < -0.39 is 0 Å². The molecule has 6 heteroatoms. The minimum Gasteiger partial charge on any atom is -0.496 e. The van der Waals surface area contributed by atoms with Crippen molar-refractivity contribution < 1.29 is 9.53 Å². The summed E-state index contributed by atoms with van der Waals surface area (Å²) in [5.74, 6) is 0.988. The van der Waals surface area contributed by atoms with Gasteiger partial charge in [0.05, 0.1) is 31.6 Å². The first kappa shape index (κ1) is 17.5. The van der Waals surface area contributed by atoms with Crippen molar-refractivity contribution in [2.24, 2.45) is 0 Å². The van der Waals surface area contributed by atoms with Crippen LogP contribution in [0.5, 0.6) is 5.75 Å². The highest BCUT2D eigenvalue weighted by Gasteiger charge is 2.19. The zero-order valence-electron chi connectivity index (χ0n) is 15.2. The lowest BCUT2D eigenvalue weighted by Gasteiger charge is -2.27. The lowest BCUT2D eigenvalue weighted by atomic mass is 10.1. The Kier molecular flexibility index (Phi) is 5.38. The smallest absolute Gasteiger partial charge is 0.220 e. The minimum absolute atomic E-state index is 0.0578. The zero-order valence-corrected chi connectivity index (χ0v) is 15.2. The molecule has 6 nitrogen and oxygen atoms in total. The fourth-order valence-corrected chi connectivity index (χ4v) is 3.21. The number of nitrogens with one attached hydrogen (secondary N) is 1. The van der Waals surface area contributed by atoms with Crippen molar-refractivity contribution in [1.82, 2.24) is 20.0 Å². The van der Waals surface area contributed by atoms with Gasteiger partial charge >= 0.3 is 0 Å². The highest BCUT2D eigenvalue weighted by molar-refractivity contribution is 5.75. The standard InChI is InChI=1S/C19H26N4O2/c1-4-19(24)20-11-16-10-17-13-22(7-8-23(17)21-16)12-15-5-6-18(25-3)14(2)9-15/h5-6,9-10H,4,7-8,11-13H2,1-3H3,(H,20,24). The molecule has 1 aromatic heterocycles. The molecule has 25 heavy (non-hydrogen) atoms. The van der Waals surface area contributed by atoms with Crippen LogP contribution < -0.4 is 10.1 Å². The molecular weight excluding hydrogens is 316 g/mol. The molecule has 134 valence electrons. The zero-order chi connectivity index (χ0) is 17.8. The third-order valence-corrected chi connectivity index (χ3v) is 4.58. The molecule has 0 spiro atoms. The van der Waals surface area contributed by atoms with Gasteiger partial charge in [-0.3, -0.25) is 14.4 Å². The van der Waals surface area contributed by atoms with Gasteiger partial charge in [-0.25, -0.2) is 0 Å². The lowest BCUT2D eigenvalue weighted by Crippen LogP contribution is -2.33. The molecule has 0 saturated heterocycles. The van der Waals surface area contributed by atoms with Gasteiger partial charge in [-0.2, -0.15) is 5.10 Å². The SMILES string of the molecule is CCC(=O)NCc1cc2n(n1)CCN(Cc1ccc(OC)c(C)c1)C2. The van der Waals surface area contributed by atoms with E-state index in [0.29, 0.717) is 13.0 Å². The molecule has 1 aromatic carbocycles. The third-order valence-electron chi connectivity index (χ3n) is 4.58. The number of hydrogen-bond acceptors (Lipinski definition) is 4. The van der Waals surface area contributed by atoms with Crippen LogP contribution in [0, 0.1) is 6.92 Å². The van der Waals surface area contributed by atoms with E-state index in [4.69, 9.17) is 4.74 Å². The molecule has 2 aromatic rings. The number of ether oxygens (including phenoxy) is 1. The van der Waals surface area contributed by atoms with E-state index in [2.05, 4.69) is 45.1 Å². The summed E-state index contributed by atoms with van der Waals surface area (Å²) in [7, 11) is 1.70. The molecule has 0 aliphatic carbocycles. The highest BCUT2D eigenvalue weighted by atomic mass is 16.5. The van der Waals surface area contributed by atoms with Crippen LogP contribution in [-0.4, -0.2) is 34.2 Å². The number of carbonyl (C=O) groups is 1. The van der Waals surface area contributed by atoms with E-state index in [9.17, 15) is 4.79 Å². The van der Waals surface area contributed by atoms with E-state index in [-0.39, 0.29) is 5.91 Å². The summed E-state index contributed by atoms with van der Waals surface area (Å²) in [5.41, 5.74) is 4.59. The second-order valence-corrected chi connectivity index (χ2v) is 6.50. The van der Waals surface area contributed by atoms with E-state index in [1.807, 2.05) is 13.0 Å². The van der Waals surface area contributed by atoms with E-state index in [0.717, 1.165) is 43.2 Å². The Morgan fingerprint density at radius 3 is 2.88 bits per heavy atom. The molecule has 1 amide bonds. The first-order valence-electron chi connectivity index (χ1n) is 8.77. The van der Waals surface area contributed by atoms with Gasteiger partial charge in [0.1, 0.15) is 5.75 Å². The summed E-state index contributed by atoms with van der Waals surface area (Å²) in [6, 6.07) is 8.45. The number of fused-ring (bicyclic) bond motifs is 1. The van der Waals surface area contributed by atoms with Crippen molar-refractivity contribution in [1.29, 1.82) is 0 Å². The van der Waals surface area contributed by atoms with Gasteiger partial charge in [-0.1, -0.05) is 19.1 Å². The van der Waals surface area contributed by atoms with Gasteiger partial charge in [0.2, 0.25) is 5.91 Å². The number of amides is 1. The molecule has 2 heterocycles. The molecule has 1 aliphatic heterocycles. The third kappa shape index (κ3) is 4.20. The topological polar surface area (TPSA) is 59.4 Å². The Morgan fingerprint density at radius 1 is 1.32 bits per heavy atom. The highest BCUT2D eigenvalue weighted by Crippen LogP contribution is 2.21. The van der Waals surface area contributed by atoms with Gasteiger partial charge in [0.25, 0.3) is 0 Å². The van der Waals surface area contributed by atoms with Gasteiger partial charge in [-0.05, 0) is 30.2 Å². The fourth-order valence-electron chi connectivity index (χ4n) is 3.21. The lowest BCUT2D eigenvalue weighted by molar-refractivity contribution is -0.120. The normalized spacial score (nSPS) is 14.2. The van der Waals surface area contributed by atoms with Gasteiger partial charge < -0.3 is 10.1 Å². The number of carbonyl (C=O) groups excluding carboxylic acids is 1. The van der Waals surface area contributed by atoms with Crippen LogP contribution in [0.2, 0.25) is 0 Å². The summed E-state index contributed by atoms with van der Waals surface area (Å²) in [4.78, 5) is 13.8. The molecule has 1 N–H and O–H groups in total. The maximum absolute atomic E-state index is 11.4. The van der Waals surface area contributed by atoms with Crippen molar-refractivity contribution in [3.05, 3.63) is 46.8 Å². The van der Waals surface area contributed by atoms with E-state index >= 15 is 0 Å². The maximum Gasteiger partial charge on any atom is 0.220 e. The predicted molar refractivity (Wildman–Crippen MR) is 96.2 cm³/mol. The van der Waals surface area contributed by atoms with Crippen LogP contribution in [0.1, 0.15) is 35.9 Å². The number of methoxy groups -OCH3 is 1. The Hall–Kier alpha value is -2.34. The number of hydrogen-bond donors (Lipinski definition) is 1. The van der Waals surface area contributed by atoms with Gasteiger partial charge in [-0.15, -0.1) is 0 Å². The molecule has 0 radical (unpaired) electrons. The Labute approximate surface area is 148 Å². The van der Waals surface area contributed by atoms with Gasteiger partial charge in [0, 0.05) is 26.1 Å². The molecule has 3 rings (SSSR count). The largest absolute Gasteiger partial charge is 0.496 e. The molecule has 0 fully saturated rings. The molecule has 0 unspecified atom stereocenters. The van der Waals surface area contributed by atoms with Crippen LogP contribution in [0.3, 0.4) is 0 Å². The van der Waals surface area contributed by atoms with Gasteiger partial charge in [0.15, 0.2) is 0 Å². The molecule has 1 aliphatic rings. The predicted octanol–water partition coefficient (Wildman–Crippen LogP) is 2.24. The molecule has 0 atom stereocenters. The Balaban J connectivity index is 1.62. The summed E-state index contributed by atoms with van der Waals surface area (Å²) in [5, 5.41) is 7.48. The average molecular weight is 342 g/mol. The summed E-state index contributed by atoms with van der Waals surface area (Å²) in [6.07, 6.45) is 0.503. The Bertz CT molecular complexity index is 754. The van der Waals surface area contributed by atoms with Crippen LogP contribution in [0.4, 0.5) is 0 Å². The quantitative estimate of drug-likeness (QED) is 0.875. The van der Waals surface area contributed by atoms with Crippen LogP contribution in [-0.2, 0) is 31.0 Å². The second-order valence-electron chi connectivity index (χ2n) is 6.50. The second kappa shape index (κ2) is 7.70. The number of rotatable bonds is 6. The summed E-state index contributed by atoms with van der Waals surface area (Å²) in [6.45, 7) is 8.07. The van der Waals surface area contributed by atoms with Crippen molar-refractivity contribution in [3.63, 3.8) is 0 Å². The maximum atomic E-state index is 11.4. The van der Waals surface area contributed by atoms with Crippen molar-refractivity contribution in [2.75, 3.05) is 13.7 Å². The minimum atomic E-state index is 0.0578. The first-order valence-corrected chi connectivity index (χ1v) is 8.77. The van der Waals surface area contributed by atoms with Crippen LogP contribution >= 0.6 is 0 Å². The molecule has 0 bridgehead atoms. The monoisotopic (exact) mass is 342 g/mol. The number of nitrogens with zero attached hydrogens (tertiary/aromatic N) is 3. The number of aryl methyl sites for hydroxylation is 1. The molecular formula is C19H26N4O2. The number of aromatic nitrogens is 2. The average Bonchev–Trinajstić information content (AvgIpc) is 3.02. The van der Waals surface area contributed by atoms with Crippen LogP contribution in [0.25, 0.3) is 0 Å². The fraction of sp³-hybridized carbons (Fsp3) is 0.474. The van der Waals surface area contributed by atoms with Crippen molar-refractivity contribution in [3.8, 4) is 5.75 Å². The molecule has 0 saturated carbocycles. The van der Waals surface area contributed by atoms with E-state index in [1.54, 1.807) is 7.11 Å².